The lowest BCUT2D eigenvalue weighted by Gasteiger charge is -2.09. The van der Waals surface area contributed by atoms with E-state index in [-0.39, 0.29) is 13.0 Å². The summed E-state index contributed by atoms with van der Waals surface area (Å²) in [5.74, 6) is 0. The highest BCUT2D eigenvalue weighted by Crippen LogP contribution is 2.04. The molecule has 2 N–H and O–H groups in total. The first-order valence-electron chi connectivity index (χ1n) is 3.98. The molecule has 0 amide bonds. The maximum Gasteiger partial charge on any atom is 0.399 e. The molecule has 0 fully saturated rings. The molecule has 8 nitrogen and oxygen atoms in total. The predicted octanol–water partition coefficient (Wildman–Crippen LogP) is -0.953. The lowest BCUT2D eigenvalue weighted by Crippen LogP contribution is -2.21. The van der Waals surface area contributed by atoms with E-state index in [0.29, 0.717) is 0 Å². The molecule has 0 aliphatic carbocycles. The molecule has 10 heteroatoms. The minimum atomic E-state index is -5.31. The number of rotatable bonds is 8. The SMILES string of the molecule is C=CCOC(O)CCOS(=O)(=O)S(=O)(=O)O. The van der Waals surface area contributed by atoms with E-state index in [2.05, 4.69) is 15.5 Å². The molecular weight excluding hydrogens is 264 g/mol. The summed E-state index contributed by atoms with van der Waals surface area (Å²) < 4.78 is 58.5. The second-order valence-electron chi connectivity index (χ2n) is 2.52. The van der Waals surface area contributed by atoms with Crippen molar-refractivity contribution in [2.75, 3.05) is 13.2 Å². The van der Waals surface area contributed by atoms with Crippen molar-refractivity contribution in [2.45, 2.75) is 12.7 Å². The molecule has 0 radical (unpaired) electrons. The second-order valence-corrected chi connectivity index (χ2v) is 6.92. The zero-order chi connectivity index (χ0) is 12.8. The Labute approximate surface area is 92.8 Å². The molecular formula is C6H12O8S2. The fraction of sp³-hybridized carbons (Fsp3) is 0.667. The van der Waals surface area contributed by atoms with Crippen molar-refractivity contribution >= 4 is 18.3 Å². The molecule has 0 aromatic heterocycles. The van der Waals surface area contributed by atoms with Crippen LogP contribution in [0.1, 0.15) is 6.42 Å². The molecule has 0 aliphatic heterocycles. The minimum Gasteiger partial charge on any atom is -0.368 e. The van der Waals surface area contributed by atoms with Crippen LogP contribution in [0, 0.1) is 0 Å². The lowest BCUT2D eigenvalue weighted by atomic mass is 10.4. The molecule has 1 atom stereocenters. The molecule has 0 spiro atoms. The van der Waals surface area contributed by atoms with Gasteiger partial charge in [-0.15, -0.1) is 6.58 Å². The van der Waals surface area contributed by atoms with E-state index in [0.717, 1.165) is 0 Å². The van der Waals surface area contributed by atoms with E-state index in [4.69, 9.17) is 9.66 Å². The van der Waals surface area contributed by atoms with Gasteiger partial charge in [0.15, 0.2) is 6.29 Å². The second kappa shape index (κ2) is 6.27. The third-order valence-electron chi connectivity index (χ3n) is 1.26. The molecule has 0 heterocycles. The fourth-order valence-corrected chi connectivity index (χ4v) is 1.57. The fourth-order valence-electron chi connectivity index (χ4n) is 0.574. The zero-order valence-corrected chi connectivity index (χ0v) is 9.78. The Balaban J connectivity index is 4.05. The quantitative estimate of drug-likeness (QED) is 0.251. The number of aliphatic hydroxyl groups excluding tert-OH is 1. The van der Waals surface area contributed by atoms with Crippen molar-refractivity contribution in [2.24, 2.45) is 0 Å². The third-order valence-corrected chi connectivity index (χ3v) is 4.06. The molecule has 0 aromatic carbocycles. The van der Waals surface area contributed by atoms with Crippen LogP contribution in [0.25, 0.3) is 0 Å². The van der Waals surface area contributed by atoms with Crippen LogP contribution in [0.4, 0.5) is 0 Å². The van der Waals surface area contributed by atoms with E-state index in [9.17, 15) is 16.8 Å². The van der Waals surface area contributed by atoms with E-state index < -0.39 is 31.2 Å². The first-order chi connectivity index (χ1) is 7.20. The summed E-state index contributed by atoms with van der Waals surface area (Å²) in [6.45, 7) is 2.72. The average molecular weight is 276 g/mol. The largest absolute Gasteiger partial charge is 0.399 e. The predicted molar refractivity (Wildman–Crippen MR) is 53.2 cm³/mol. The highest BCUT2D eigenvalue weighted by Gasteiger charge is 2.28. The Hall–Kier alpha value is -0.520. The third kappa shape index (κ3) is 5.53. The maximum atomic E-state index is 10.6. The average Bonchev–Trinajstić information content (AvgIpc) is 2.12. The van der Waals surface area contributed by atoms with Crippen molar-refractivity contribution in [3.05, 3.63) is 12.7 Å². The summed E-state index contributed by atoms with van der Waals surface area (Å²) in [4.78, 5) is 0. The Morgan fingerprint density at radius 1 is 1.31 bits per heavy atom. The van der Waals surface area contributed by atoms with Crippen molar-refractivity contribution in [3.8, 4) is 0 Å². The summed E-state index contributed by atoms with van der Waals surface area (Å²) in [6, 6.07) is 0. The molecule has 0 saturated carbocycles. The van der Waals surface area contributed by atoms with Crippen LogP contribution in [0.15, 0.2) is 12.7 Å². The summed E-state index contributed by atoms with van der Waals surface area (Å²) >= 11 is 0. The number of hydrogen-bond donors (Lipinski definition) is 2. The summed E-state index contributed by atoms with van der Waals surface area (Å²) in [5, 5.41) is 9.02. The molecule has 0 aliphatic rings. The molecule has 16 heavy (non-hydrogen) atoms. The van der Waals surface area contributed by atoms with E-state index in [1.165, 1.54) is 6.08 Å². The van der Waals surface area contributed by atoms with Crippen LogP contribution in [-0.2, 0) is 27.2 Å². The van der Waals surface area contributed by atoms with Gasteiger partial charge in [0.2, 0.25) is 0 Å². The van der Waals surface area contributed by atoms with Crippen LogP contribution in [-0.4, -0.2) is 46.0 Å². The first-order valence-corrected chi connectivity index (χ1v) is 7.34. The minimum absolute atomic E-state index is 0.0478. The number of aliphatic hydroxyl groups is 1. The van der Waals surface area contributed by atoms with Gasteiger partial charge in [-0.05, 0) is 0 Å². The molecule has 0 saturated heterocycles. The van der Waals surface area contributed by atoms with Crippen molar-refractivity contribution in [1.29, 1.82) is 0 Å². The summed E-state index contributed by atoms with van der Waals surface area (Å²) in [7, 11) is -10.4. The van der Waals surface area contributed by atoms with E-state index in [1.807, 2.05) is 0 Å². The Kier molecular flexibility index (Phi) is 6.07. The standard InChI is InChI=1S/C6H12O8S2/c1-2-4-13-6(7)3-5-14-16(11,12)15(8,9)10/h2,6-7H,1,3-5H2,(H,8,9,10). The van der Waals surface area contributed by atoms with Crippen LogP contribution in [0.3, 0.4) is 0 Å². The lowest BCUT2D eigenvalue weighted by molar-refractivity contribution is -0.0971. The van der Waals surface area contributed by atoms with Gasteiger partial charge in [0.1, 0.15) is 0 Å². The van der Waals surface area contributed by atoms with E-state index >= 15 is 0 Å². The van der Waals surface area contributed by atoms with Crippen LogP contribution >= 0.6 is 0 Å². The molecule has 96 valence electrons. The van der Waals surface area contributed by atoms with E-state index in [1.54, 1.807) is 0 Å². The normalized spacial score (nSPS) is 14.6. The Bertz CT molecular complexity index is 408. The highest BCUT2D eigenvalue weighted by atomic mass is 33.2. The Morgan fingerprint density at radius 3 is 2.31 bits per heavy atom. The van der Waals surface area contributed by atoms with Crippen molar-refractivity contribution in [3.63, 3.8) is 0 Å². The van der Waals surface area contributed by atoms with Gasteiger partial charge in [-0.1, -0.05) is 6.08 Å². The molecule has 0 rings (SSSR count). The van der Waals surface area contributed by atoms with Crippen molar-refractivity contribution in [1.82, 2.24) is 0 Å². The summed E-state index contributed by atoms with van der Waals surface area (Å²) in [5.41, 5.74) is 0. The van der Waals surface area contributed by atoms with Gasteiger partial charge in [0, 0.05) is 6.42 Å². The van der Waals surface area contributed by atoms with Crippen LogP contribution < -0.4 is 0 Å². The molecule has 0 bridgehead atoms. The van der Waals surface area contributed by atoms with Gasteiger partial charge < -0.3 is 9.84 Å². The van der Waals surface area contributed by atoms with Gasteiger partial charge in [0.25, 0.3) is 0 Å². The van der Waals surface area contributed by atoms with Crippen LogP contribution in [0.2, 0.25) is 0 Å². The number of hydrogen-bond acceptors (Lipinski definition) is 7. The Morgan fingerprint density at radius 2 is 1.88 bits per heavy atom. The van der Waals surface area contributed by atoms with Crippen molar-refractivity contribution < 1.29 is 35.4 Å². The van der Waals surface area contributed by atoms with Gasteiger partial charge in [-0.2, -0.15) is 16.8 Å². The van der Waals surface area contributed by atoms with Gasteiger partial charge in [-0.25, -0.2) is 0 Å². The first kappa shape index (κ1) is 15.5. The highest BCUT2D eigenvalue weighted by molar-refractivity contribution is 8.63. The zero-order valence-electron chi connectivity index (χ0n) is 8.14. The molecule has 0 aromatic rings. The maximum absolute atomic E-state index is 10.6. The molecule has 1 unspecified atom stereocenters. The smallest absolute Gasteiger partial charge is 0.368 e. The van der Waals surface area contributed by atoms with Gasteiger partial charge >= 0.3 is 18.3 Å². The van der Waals surface area contributed by atoms with Gasteiger partial charge in [-0.3, -0.25) is 8.74 Å². The monoisotopic (exact) mass is 276 g/mol. The summed E-state index contributed by atoms with van der Waals surface area (Å²) in [6.07, 6.45) is -0.226. The topological polar surface area (TPSA) is 127 Å². The van der Waals surface area contributed by atoms with Crippen LogP contribution in [0.5, 0.6) is 0 Å². The van der Waals surface area contributed by atoms with Gasteiger partial charge in [0.05, 0.1) is 13.2 Å². The number of ether oxygens (including phenoxy) is 1.